The number of rotatable bonds is 1. The Morgan fingerprint density at radius 3 is 2.75 bits per heavy atom. The van der Waals surface area contributed by atoms with Crippen LogP contribution in [-0.2, 0) is 0 Å². The molecule has 2 amide bonds. The third-order valence-electron chi connectivity index (χ3n) is 1.19. The number of benzene rings is 1. The summed E-state index contributed by atoms with van der Waals surface area (Å²) in [6, 6.07) is 3.14. The molecule has 0 aliphatic rings. The summed E-state index contributed by atoms with van der Waals surface area (Å²) < 4.78 is 12.7. The molecule has 0 radical (unpaired) electrons. The second kappa shape index (κ2) is 3.40. The van der Waals surface area contributed by atoms with Crippen molar-refractivity contribution in [1.82, 2.24) is 0 Å². The Bertz CT molecular complexity index is 316. The molecule has 64 valence electrons. The first-order valence-electron chi connectivity index (χ1n) is 3.11. The van der Waals surface area contributed by atoms with Gasteiger partial charge in [0, 0.05) is 5.69 Å². The minimum absolute atomic E-state index is 0.00465. The first-order chi connectivity index (χ1) is 5.59. The smallest absolute Gasteiger partial charge is 0.316 e. The van der Waals surface area contributed by atoms with Gasteiger partial charge in [0.15, 0.2) is 0 Å². The Kier molecular flexibility index (Phi) is 2.50. The Labute approximate surface area is 73.3 Å². The van der Waals surface area contributed by atoms with Gasteiger partial charge in [-0.05, 0) is 18.2 Å². The second-order valence-corrected chi connectivity index (χ2v) is 2.53. The Hall–Kier alpha value is -1.29. The summed E-state index contributed by atoms with van der Waals surface area (Å²) >= 11 is 5.40. The van der Waals surface area contributed by atoms with Crippen molar-refractivity contribution in [3.05, 3.63) is 29.0 Å². The zero-order valence-electron chi connectivity index (χ0n) is 5.97. The van der Waals surface area contributed by atoms with Crippen LogP contribution in [0.1, 0.15) is 0 Å². The molecule has 0 heterocycles. The summed E-state index contributed by atoms with van der Waals surface area (Å²) in [6.45, 7) is 0. The van der Waals surface area contributed by atoms with E-state index in [9.17, 15) is 9.18 Å². The van der Waals surface area contributed by atoms with Crippen LogP contribution in [0.25, 0.3) is 0 Å². The molecule has 0 fully saturated rings. The van der Waals surface area contributed by atoms with E-state index in [1.54, 1.807) is 0 Å². The second-order valence-electron chi connectivity index (χ2n) is 2.12. The fourth-order valence-electron chi connectivity index (χ4n) is 0.716. The molecule has 0 aliphatic carbocycles. The van der Waals surface area contributed by atoms with Gasteiger partial charge in [-0.3, -0.25) is 0 Å². The molecule has 0 aromatic heterocycles. The number of hydrogen-bond donors (Lipinski definition) is 2. The van der Waals surface area contributed by atoms with E-state index in [2.05, 4.69) is 5.32 Å². The molecule has 0 saturated heterocycles. The zero-order chi connectivity index (χ0) is 9.14. The number of anilines is 1. The molecule has 12 heavy (non-hydrogen) atoms. The third-order valence-corrected chi connectivity index (χ3v) is 1.49. The van der Waals surface area contributed by atoms with Gasteiger partial charge in [0.2, 0.25) is 0 Å². The van der Waals surface area contributed by atoms with E-state index in [0.29, 0.717) is 0 Å². The quantitative estimate of drug-likeness (QED) is 0.696. The Morgan fingerprint density at radius 1 is 1.58 bits per heavy atom. The fourth-order valence-corrected chi connectivity index (χ4v) is 0.834. The van der Waals surface area contributed by atoms with Crippen LogP contribution < -0.4 is 11.1 Å². The van der Waals surface area contributed by atoms with Crippen LogP contribution >= 0.6 is 11.6 Å². The number of primary amides is 1. The van der Waals surface area contributed by atoms with Crippen LogP contribution in [0, 0.1) is 5.82 Å². The van der Waals surface area contributed by atoms with E-state index in [4.69, 9.17) is 17.3 Å². The highest BCUT2D eigenvalue weighted by Gasteiger charge is 2.01. The molecule has 1 rings (SSSR count). The summed E-state index contributed by atoms with van der Waals surface area (Å²) in [5.74, 6) is -0.595. The summed E-state index contributed by atoms with van der Waals surface area (Å²) in [5, 5.41) is 2.22. The zero-order valence-corrected chi connectivity index (χ0v) is 6.73. The number of nitrogens with one attached hydrogen (secondary N) is 1. The van der Waals surface area contributed by atoms with Crippen molar-refractivity contribution < 1.29 is 9.18 Å². The highest BCUT2D eigenvalue weighted by atomic mass is 35.5. The van der Waals surface area contributed by atoms with E-state index in [-0.39, 0.29) is 10.7 Å². The maximum atomic E-state index is 12.7. The van der Waals surface area contributed by atoms with Gasteiger partial charge in [0.05, 0.1) is 5.02 Å². The van der Waals surface area contributed by atoms with Crippen molar-refractivity contribution in [3.8, 4) is 0 Å². The lowest BCUT2D eigenvalue weighted by molar-refractivity contribution is 0.259. The first kappa shape index (κ1) is 8.80. The van der Waals surface area contributed by atoms with E-state index in [1.165, 1.54) is 12.1 Å². The normalized spacial score (nSPS) is 9.50. The molecule has 1 aromatic carbocycles. The lowest BCUT2D eigenvalue weighted by atomic mass is 10.3. The van der Waals surface area contributed by atoms with Gasteiger partial charge in [0.25, 0.3) is 0 Å². The first-order valence-corrected chi connectivity index (χ1v) is 3.49. The monoisotopic (exact) mass is 188 g/mol. The Morgan fingerprint density at radius 2 is 2.25 bits per heavy atom. The highest BCUT2D eigenvalue weighted by molar-refractivity contribution is 6.30. The van der Waals surface area contributed by atoms with Gasteiger partial charge in [-0.25, -0.2) is 9.18 Å². The van der Waals surface area contributed by atoms with Crippen molar-refractivity contribution >= 4 is 23.3 Å². The van der Waals surface area contributed by atoms with Crippen molar-refractivity contribution in [2.45, 2.75) is 0 Å². The van der Waals surface area contributed by atoms with Gasteiger partial charge in [-0.2, -0.15) is 0 Å². The van der Waals surface area contributed by atoms with Gasteiger partial charge >= 0.3 is 6.03 Å². The average molecular weight is 189 g/mol. The molecule has 0 bridgehead atoms. The summed E-state index contributed by atoms with van der Waals surface area (Å²) in [7, 11) is 0. The molecule has 5 heteroatoms. The predicted octanol–water partition coefficient (Wildman–Crippen LogP) is 1.97. The van der Waals surface area contributed by atoms with E-state index >= 15 is 0 Å². The molecule has 3 N–H and O–H groups in total. The Balaban J connectivity index is 2.89. The molecular formula is C7H6ClFN2O. The van der Waals surface area contributed by atoms with Crippen LogP contribution in [0.5, 0.6) is 0 Å². The summed E-state index contributed by atoms with van der Waals surface area (Å²) in [6.07, 6.45) is 0. The SMILES string of the molecule is NC(=O)Nc1ccc(Cl)c(F)c1. The number of urea groups is 1. The maximum Gasteiger partial charge on any atom is 0.316 e. The fraction of sp³-hybridized carbons (Fsp3) is 0. The van der Waals surface area contributed by atoms with E-state index in [1.807, 2.05) is 0 Å². The molecule has 0 unspecified atom stereocenters. The van der Waals surface area contributed by atoms with Gasteiger partial charge in [0.1, 0.15) is 5.82 Å². The maximum absolute atomic E-state index is 12.7. The lowest BCUT2D eigenvalue weighted by Gasteiger charge is -2.01. The van der Waals surface area contributed by atoms with Crippen molar-refractivity contribution in [2.24, 2.45) is 5.73 Å². The molecule has 0 aliphatic heterocycles. The summed E-state index contributed by atoms with van der Waals surface area (Å²) in [5.41, 5.74) is 5.09. The van der Waals surface area contributed by atoms with Crippen molar-refractivity contribution in [2.75, 3.05) is 5.32 Å². The number of carbonyl (C=O) groups is 1. The van der Waals surface area contributed by atoms with Crippen molar-refractivity contribution in [1.29, 1.82) is 0 Å². The number of carbonyl (C=O) groups excluding carboxylic acids is 1. The lowest BCUT2D eigenvalue weighted by Crippen LogP contribution is -2.19. The number of amides is 2. The van der Waals surface area contributed by atoms with Crippen LogP contribution in [0.4, 0.5) is 14.9 Å². The molecule has 0 atom stereocenters. The van der Waals surface area contributed by atoms with Gasteiger partial charge in [-0.15, -0.1) is 0 Å². The minimum Gasteiger partial charge on any atom is -0.351 e. The third kappa shape index (κ3) is 2.10. The van der Waals surface area contributed by atoms with Crippen LogP contribution in [0.2, 0.25) is 5.02 Å². The van der Waals surface area contributed by atoms with Crippen molar-refractivity contribution in [3.63, 3.8) is 0 Å². The predicted molar refractivity (Wildman–Crippen MR) is 44.6 cm³/mol. The molecule has 1 aromatic rings. The number of nitrogens with two attached hydrogens (primary N) is 1. The number of halogens is 2. The molecule has 0 saturated carbocycles. The standard InChI is InChI=1S/C7H6ClFN2O/c8-5-2-1-4(3-6(5)9)11-7(10)12/h1-3H,(H3,10,11,12). The minimum atomic E-state index is -0.739. The van der Waals surface area contributed by atoms with Gasteiger partial charge < -0.3 is 11.1 Å². The van der Waals surface area contributed by atoms with Crippen LogP contribution in [0.15, 0.2) is 18.2 Å². The van der Waals surface area contributed by atoms with Crippen LogP contribution in [0.3, 0.4) is 0 Å². The average Bonchev–Trinajstić information content (AvgIpc) is 1.96. The molecular weight excluding hydrogens is 183 g/mol. The largest absolute Gasteiger partial charge is 0.351 e. The number of hydrogen-bond acceptors (Lipinski definition) is 1. The highest BCUT2D eigenvalue weighted by Crippen LogP contribution is 2.18. The molecule has 3 nitrogen and oxygen atoms in total. The van der Waals surface area contributed by atoms with E-state index in [0.717, 1.165) is 6.07 Å². The van der Waals surface area contributed by atoms with Gasteiger partial charge in [-0.1, -0.05) is 11.6 Å². The molecule has 0 spiro atoms. The van der Waals surface area contributed by atoms with Crippen LogP contribution in [-0.4, -0.2) is 6.03 Å². The summed E-state index contributed by atoms with van der Waals surface area (Å²) in [4.78, 5) is 10.3. The van der Waals surface area contributed by atoms with E-state index < -0.39 is 11.8 Å². The topological polar surface area (TPSA) is 55.1 Å².